The van der Waals surface area contributed by atoms with Gasteiger partial charge >= 0.3 is 0 Å². The van der Waals surface area contributed by atoms with Crippen LogP contribution >= 0.6 is 23.2 Å². The average molecular weight is 214 g/mol. The van der Waals surface area contributed by atoms with Gasteiger partial charge in [-0.25, -0.2) is 0 Å². The summed E-state index contributed by atoms with van der Waals surface area (Å²) in [6.07, 6.45) is 0. The molecule has 0 radical (unpaired) electrons. The highest BCUT2D eigenvalue weighted by atomic mass is 35.5. The molecule has 2 aromatic rings. The van der Waals surface area contributed by atoms with Gasteiger partial charge in [-0.1, -0.05) is 23.2 Å². The Labute approximate surface area is 83.9 Å². The van der Waals surface area contributed by atoms with Crippen LogP contribution < -0.4 is 5.10 Å². The van der Waals surface area contributed by atoms with Crippen LogP contribution in [-0.4, -0.2) is 15.5 Å². The predicted octanol–water partition coefficient (Wildman–Crippen LogP) is 1.80. The first kappa shape index (κ1) is 8.47. The summed E-state index contributed by atoms with van der Waals surface area (Å²) in [6, 6.07) is 5.04. The Morgan fingerprint density at radius 3 is 2.77 bits per heavy atom. The van der Waals surface area contributed by atoms with E-state index in [0.29, 0.717) is 21.4 Å². The summed E-state index contributed by atoms with van der Waals surface area (Å²) in [5, 5.41) is 15.2. The van der Waals surface area contributed by atoms with Crippen molar-refractivity contribution in [2.75, 3.05) is 0 Å². The van der Waals surface area contributed by atoms with Crippen molar-refractivity contribution in [1.29, 1.82) is 0 Å². The SMILES string of the molecule is Clc1ccc(Cl)c(-c2nnn[n-]2)c1. The topological polar surface area (TPSA) is 52.8 Å². The second-order valence-electron chi connectivity index (χ2n) is 2.33. The fourth-order valence-electron chi connectivity index (χ4n) is 0.921. The van der Waals surface area contributed by atoms with E-state index >= 15 is 0 Å². The number of tetrazole rings is 1. The minimum Gasteiger partial charge on any atom is -0.330 e. The molecule has 0 saturated heterocycles. The van der Waals surface area contributed by atoms with Gasteiger partial charge in [0.05, 0.1) is 0 Å². The molecule has 66 valence electrons. The van der Waals surface area contributed by atoms with Crippen LogP contribution in [0.4, 0.5) is 0 Å². The summed E-state index contributed by atoms with van der Waals surface area (Å²) in [4.78, 5) is 0. The molecule has 0 aliphatic carbocycles. The zero-order chi connectivity index (χ0) is 9.26. The molecule has 2 rings (SSSR count). The summed E-state index contributed by atoms with van der Waals surface area (Å²) < 4.78 is 0. The van der Waals surface area contributed by atoms with Crippen molar-refractivity contribution in [2.24, 2.45) is 0 Å². The number of nitrogens with zero attached hydrogens (tertiary/aromatic N) is 4. The van der Waals surface area contributed by atoms with Gasteiger partial charge < -0.3 is 5.10 Å². The second-order valence-corrected chi connectivity index (χ2v) is 3.17. The fourth-order valence-corrected chi connectivity index (χ4v) is 1.30. The van der Waals surface area contributed by atoms with Gasteiger partial charge in [-0.15, -0.1) is 0 Å². The Hall–Kier alpha value is -1.13. The minimum absolute atomic E-state index is 0.382. The van der Waals surface area contributed by atoms with Gasteiger partial charge in [0.1, 0.15) is 0 Å². The first-order valence-corrected chi connectivity index (χ1v) is 4.17. The summed E-state index contributed by atoms with van der Waals surface area (Å²) >= 11 is 11.7. The number of hydrogen-bond donors (Lipinski definition) is 0. The Balaban J connectivity index is 2.57. The lowest BCUT2D eigenvalue weighted by Crippen LogP contribution is -1.84. The van der Waals surface area contributed by atoms with Gasteiger partial charge in [0.2, 0.25) is 0 Å². The molecule has 0 bridgehead atoms. The molecule has 0 atom stereocenters. The third kappa shape index (κ3) is 1.64. The van der Waals surface area contributed by atoms with Crippen LogP contribution in [0.5, 0.6) is 0 Å². The number of aromatic nitrogens is 4. The molecule has 0 fully saturated rings. The zero-order valence-electron chi connectivity index (χ0n) is 6.28. The lowest BCUT2D eigenvalue weighted by Gasteiger charge is -2.02. The van der Waals surface area contributed by atoms with Gasteiger partial charge in [0, 0.05) is 21.4 Å². The van der Waals surface area contributed by atoms with E-state index in [1.54, 1.807) is 18.2 Å². The molecule has 1 aromatic carbocycles. The molecule has 0 saturated carbocycles. The van der Waals surface area contributed by atoms with Crippen molar-refractivity contribution < 1.29 is 0 Å². The zero-order valence-corrected chi connectivity index (χ0v) is 7.79. The van der Waals surface area contributed by atoms with Crippen molar-refractivity contribution in [3.05, 3.63) is 28.2 Å². The van der Waals surface area contributed by atoms with Crippen LogP contribution in [0.3, 0.4) is 0 Å². The maximum Gasteiger partial charge on any atom is 0.0489 e. The van der Waals surface area contributed by atoms with E-state index in [2.05, 4.69) is 20.6 Å². The quantitative estimate of drug-likeness (QED) is 0.726. The highest BCUT2D eigenvalue weighted by Gasteiger charge is 2.02. The molecule has 1 heterocycles. The fraction of sp³-hybridized carbons (Fsp3) is 0. The third-order valence-corrected chi connectivity index (χ3v) is 2.05. The molecular formula is C7H3Cl2N4-. The van der Waals surface area contributed by atoms with Crippen molar-refractivity contribution in [2.45, 2.75) is 0 Å². The van der Waals surface area contributed by atoms with E-state index in [4.69, 9.17) is 23.2 Å². The summed E-state index contributed by atoms with van der Waals surface area (Å²) in [5.41, 5.74) is 0.638. The minimum atomic E-state index is 0.382. The normalized spacial score (nSPS) is 10.3. The monoisotopic (exact) mass is 213 g/mol. The predicted molar refractivity (Wildman–Crippen MR) is 48.6 cm³/mol. The number of rotatable bonds is 1. The summed E-state index contributed by atoms with van der Waals surface area (Å²) in [7, 11) is 0. The Morgan fingerprint density at radius 2 is 2.08 bits per heavy atom. The van der Waals surface area contributed by atoms with E-state index in [9.17, 15) is 0 Å². The smallest absolute Gasteiger partial charge is 0.0489 e. The number of halogens is 2. The van der Waals surface area contributed by atoms with Gasteiger partial charge in [0.25, 0.3) is 0 Å². The van der Waals surface area contributed by atoms with Crippen molar-refractivity contribution in [1.82, 2.24) is 20.6 Å². The highest BCUT2D eigenvalue weighted by molar-refractivity contribution is 6.35. The Kier molecular flexibility index (Phi) is 2.16. The largest absolute Gasteiger partial charge is 0.330 e. The van der Waals surface area contributed by atoms with Crippen LogP contribution in [0.25, 0.3) is 11.4 Å². The molecule has 0 aliphatic heterocycles. The molecule has 0 unspecified atom stereocenters. The molecule has 13 heavy (non-hydrogen) atoms. The van der Waals surface area contributed by atoms with E-state index in [1.807, 2.05) is 0 Å². The molecule has 0 spiro atoms. The van der Waals surface area contributed by atoms with Gasteiger partial charge in [0.15, 0.2) is 0 Å². The van der Waals surface area contributed by atoms with Crippen molar-refractivity contribution >= 4 is 23.2 Å². The first-order chi connectivity index (χ1) is 6.27. The maximum atomic E-state index is 5.89. The number of hydrogen-bond acceptors (Lipinski definition) is 3. The molecule has 0 N–H and O–H groups in total. The lowest BCUT2D eigenvalue weighted by molar-refractivity contribution is 0.871. The molecular weight excluding hydrogens is 211 g/mol. The van der Waals surface area contributed by atoms with Crippen molar-refractivity contribution in [3.8, 4) is 11.4 Å². The highest BCUT2D eigenvalue weighted by Crippen LogP contribution is 2.26. The van der Waals surface area contributed by atoms with Crippen LogP contribution in [0.15, 0.2) is 18.2 Å². The molecule has 1 aromatic heterocycles. The summed E-state index contributed by atoms with van der Waals surface area (Å²) in [6.45, 7) is 0. The molecule has 0 amide bonds. The van der Waals surface area contributed by atoms with E-state index in [-0.39, 0.29) is 0 Å². The number of benzene rings is 1. The first-order valence-electron chi connectivity index (χ1n) is 3.41. The van der Waals surface area contributed by atoms with Crippen LogP contribution in [0.1, 0.15) is 0 Å². The van der Waals surface area contributed by atoms with Crippen LogP contribution in [0.2, 0.25) is 10.0 Å². The Morgan fingerprint density at radius 1 is 1.23 bits per heavy atom. The molecule has 4 nitrogen and oxygen atoms in total. The van der Waals surface area contributed by atoms with Crippen LogP contribution in [0, 0.1) is 0 Å². The molecule has 0 aliphatic rings. The van der Waals surface area contributed by atoms with Crippen molar-refractivity contribution in [3.63, 3.8) is 0 Å². The van der Waals surface area contributed by atoms with Gasteiger partial charge in [-0.2, -0.15) is 5.21 Å². The van der Waals surface area contributed by atoms with Crippen LogP contribution in [-0.2, 0) is 0 Å². The van der Waals surface area contributed by atoms with E-state index in [0.717, 1.165) is 0 Å². The third-order valence-electron chi connectivity index (χ3n) is 1.49. The van der Waals surface area contributed by atoms with Gasteiger partial charge in [-0.3, -0.25) is 10.3 Å². The van der Waals surface area contributed by atoms with E-state index in [1.165, 1.54) is 0 Å². The second kappa shape index (κ2) is 3.32. The van der Waals surface area contributed by atoms with E-state index < -0.39 is 0 Å². The lowest BCUT2D eigenvalue weighted by atomic mass is 10.2. The maximum absolute atomic E-state index is 5.89. The van der Waals surface area contributed by atoms with Gasteiger partial charge in [-0.05, 0) is 18.2 Å². The average Bonchev–Trinajstić information content (AvgIpc) is 2.61. The molecule has 6 heteroatoms. The standard InChI is InChI=1S/C7H3Cl2N4/c8-4-1-2-6(9)5(3-4)7-10-12-13-11-7/h1-3H/q-1. The summed E-state index contributed by atoms with van der Waals surface area (Å²) in [5.74, 6) is 0.382. The Bertz CT molecular complexity index is 412.